The maximum Gasteiger partial charge on any atom is 0.411 e. The summed E-state index contributed by atoms with van der Waals surface area (Å²) in [5.41, 5.74) is 0. The topological polar surface area (TPSA) is 21.3 Å². The van der Waals surface area contributed by atoms with Crippen molar-refractivity contribution in [3.05, 3.63) is 0 Å². The Bertz CT molecular complexity index is 196. The van der Waals surface area contributed by atoms with Crippen molar-refractivity contribution in [2.24, 2.45) is 5.92 Å². The normalized spacial score (nSPS) is 27.0. The van der Waals surface area contributed by atoms with Gasteiger partial charge in [-0.1, -0.05) is 19.8 Å². The Morgan fingerprint density at radius 3 is 2.69 bits per heavy atom. The summed E-state index contributed by atoms with van der Waals surface area (Å²) in [4.78, 5) is 0. The highest BCUT2D eigenvalue weighted by Gasteiger charge is 2.27. The van der Waals surface area contributed by atoms with Crippen molar-refractivity contribution in [3.63, 3.8) is 0 Å². The zero-order chi connectivity index (χ0) is 12.0. The maximum atomic E-state index is 11.7. The quantitative estimate of drug-likeness (QED) is 0.745. The Kier molecular flexibility index (Phi) is 5.55. The summed E-state index contributed by atoms with van der Waals surface area (Å²) in [7, 11) is 0. The number of nitrogens with one attached hydrogen (secondary N) is 1. The third-order valence-corrected chi connectivity index (χ3v) is 2.88. The second-order valence-electron chi connectivity index (χ2n) is 4.59. The molecule has 1 rings (SSSR count). The van der Waals surface area contributed by atoms with Crippen molar-refractivity contribution >= 4 is 0 Å². The molecule has 0 spiro atoms. The Hall–Kier alpha value is -0.290. The lowest BCUT2D eigenvalue weighted by Crippen LogP contribution is -2.36. The van der Waals surface area contributed by atoms with Gasteiger partial charge in [0.15, 0.2) is 0 Å². The smallest absolute Gasteiger partial charge is 0.371 e. The van der Waals surface area contributed by atoms with Crippen LogP contribution in [0.4, 0.5) is 13.2 Å². The Balaban J connectivity index is 1.98. The van der Waals surface area contributed by atoms with E-state index < -0.39 is 12.8 Å². The Labute approximate surface area is 94.5 Å². The lowest BCUT2D eigenvalue weighted by atomic mass is 9.87. The molecule has 16 heavy (non-hydrogen) atoms. The fraction of sp³-hybridized carbons (Fsp3) is 1.00. The molecule has 0 radical (unpaired) electrons. The van der Waals surface area contributed by atoms with Crippen LogP contribution in [0.2, 0.25) is 0 Å². The van der Waals surface area contributed by atoms with Crippen LogP contribution in [-0.2, 0) is 4.74 Å². The molecule has 2 nitrogen and oxygen atoms in total. The van der Waals surface area contributed by atoms with Crippen LogP contribution >= 0.6 is 0 Å². The van der Waals surface area contributed by atoms with Crippen molar-refractivity contribution in [1.29, 1.82) is 0 Å². The zero-order valence-electron chi connectivity index (χ0n) is 9.65. The average Bonchev–Trinajstić information content (AvgIpc) is 2.15. The van der Waals surface area contributed by atoms with Gasteiger partial charge in [0.05, 0.1) is 6.61 Å². The van der Waals surface area contributed by atoms with Crippen LogP contribution in [0, 0.1) is 5.92 Å². The molecule has 0 aromatic heterocycles. The summed E-state index contributed by atoms with van der Waals surface area (Å²) >= 11 is 0. The van der Waals surface area contributed by atoms with Crippen LogP contribution in [-0.4, -0.2) is 32.0 Å². The van der Waals surface area contributed by atoms with E-state index >= 15 is 0 Å². The molecule has 1 N–H and O–H groups in total. The molecule has 0 aromatic carbocycles. The maximum absolute atomic E-state index is 11.7. The molecular weight excluding hydrogens is 219 g/mol. The predicted molar refractivity (Wildman–Crippen MR) is 56.3 cm³/mol. The SMILES string of the molecule is CC1CCCC(NCCOCC(F)(F)F)C1. The fourth-order valence-electron chi connectivity index (χ4n) is 2.14. The average molecular weight is 239 g/mol. The van der Waals surface area contributed by atoms with Crippen molar-refractivity contribution in [3.8, 4) is 0 Å². The van der Waals surface area contributed by atoms with Gasteiger partial charge in [0.2, 0.25) is 0 Å². The third-order valence-electron chi connectivity index (χ3n) is 2.88. The Morgan fingerprint density at radius 2 is 2.06 bits per heavy atom. The first-order valence-electron chi connectivity index (χ1n) is 5.85. The molecule has 1 aliphatic carbocycles. The van der Waals surface area contributed by atoms with E-state index in [9.17, 15) is 13.2 Å². The number of alkyl halides is 3. The summed E-state index contributed by atoms with van der Waals surface area (Å²) in [6.07, 6.45) is 0.521. The molecule has 0 aromatic rings. The lowest BCUT2D eigenvalue weighted by Gasteiger charge is -2.27. The van der Waals surface area contributed by atoms with Crippen molar-refractivity contribution in [1.82, 2.24) is 5.32 Å². The van der Waals surface area contributed by atoms with E-state index in [2.05, 4.69) is 17.0 Å². The van der Waals surface area contributed by atoms with Gasteiger partial charge in [-0.25, -0.2) is 0 Å². The van der Waals surface area contributed by atoms with Gasteiger partial charge in [-0.2, -0.15) is 13.2 Å². The number of hydrogen-bond acceptors (Lipinski definition) is 2. The molecule has 0 saturated heterocycles. The molecule has 1 fully saturated rings. The zero-order valence-corrected chi connectivity index (χ0v) is 9.65. The monoisotopic (exact) mass is 239 g/mol. The first-order valence-corrected chi connectivity index (χ1v) is 5.85. The molecule has 0 amide bonds. The molecule has 5 heteroatoms. The largest absolute Gasteiger partial charge is 0.411 e. The molecule has 2 atom stereocenters. The van der Waals surface area contributed by atoms with Crippen LogP contribution < -0.4 is 5.32 Å². The molecule has 96 valence electrons. The molecule has 2 unspecified atom stereocenters. The number of ether oxygens (including phenoxy) is 1. The van der Waals surface area contributed by atoms with Gasteiger partial charge in [0.1, 0.15) is 6.61 Å². The number of hydrogen-bond donors (Lipinski definition) is 1. The van der Waals surface area contributed by atoms with E-state index in [0.29, 0.717) is 12.6 Å². The molecule has 1 aliphatic rings. The molecule has 0 bridgehead atoms. The van der Waals surface area contributed by atoms with Crippen LogP contribution in [0.25, 0.3) is 0 Å². The summed E-state index contributed by atoms with van der Waals surface area (Å²) in [5.74, 6) is 0.724. The van der Waals surface area contributed by atoms with E-state index in [1.54, 1.807) is 0 Å². The summed E-state index contributed by atoms with van der Waals surface area (Å²) in [6, 6.07) is 0.457. The highest BCUT2D eigenvalue weighted by Crippen LogP contribution is 2.23. The van der Waals surface area contributed by atoms with Gasteiger partial charge in [0.25, 0.3) is 0 Å². The molecule has 0 aliphatic heterocycles. The van der Waals surface area contributed by atoms with Gasteiger partial charge in [-0.15, -0.1) is 0 Å². The van der Waals surface area contributed by atoms with Crippen molar-refractivity contribution < 1.29 is 17.9 Å². The minimum absolute atomic E-state index is 0.129. The van der Waals surface area contributed by atoms with E-state index in [1.807, 2.05) is 0 Å². The minimum atomic E-state index is -4.21. The van der Waals surface area contributed by atoms with Gasteiger partial charge in [-0.3, -0.25) is 0 Å². The van der Waals surface area contributed by atoms with Crippen LogP contribution in [0.5, 0.6) is 0 Å². The number of halogens is 3. The third kappa shape index (κ3) is 6.33. The van der Waals surface area contributed by atoms with E-state index in [1.165, 1.54) is 12.8 Å². The van der Waals surface area contributed by atoms with Crippen LogP contribution in [0.3, 0.4) is 0 Å². The first kappa shape index (κ1) is 13.8. The van der Waals surface area contributed by atoms with Gasteiger partial charge in [-0.05, 0) is 18.8 Å². The van der Waals surface area contributed by atoms with E-state index in [4.69, 9.17) is 0 Å². The van der Waals surface area contributed by atoms with E-state index in [0.717, 1.165) is 18.8 Å². The summed E-state index contributed by atoms with van der Waals surface area (Å²) in [5, 5.41) is 3.25. The Morgan fingerprint density at radius 1 is 1.31 bits per heavy atom. The van der Waals surface area contributed by atoms with E-state index in [-0.39, 0.29) is 6.61 Å². The molecule has 0 heterocycles. The highest BCUT2D eigenvalue weighted by molar-refractivity contribution is 4.75. The second-order valence-corrected chi connectivity index (χ2v) is 4.59. The highest BCUT2D eigenvalue weighted by atomic mass is 19.4. The second kappa shape index (κ2) is 6.45. The first-order chi connectivity index (χ1) is 7.47. The van der Waals surface area contributed by atoms with Crippen molar-refractivity contribution in [2.75, 3.05) is 19.8 Å². The standard InChI is InChI=1S/C11H20F3NO/c1-9-3-2-4-10(7-9)15-5-6-16-8-11(12,13)14/h9-10,15H,2-8H2,1H3. The summed E-state index contributed by atoms with van der Waals surface area (Å²) in [6.45, 7) is 1.71. The minimum Gasteiger partial charge on any atom is -0.371 e. The summed E-state index contributed by atoms with van der Waals surface area (Å²) < 4.78 is 39.8. The lowest BCUT2D eigenvalue weighted by molar-refractivity contribution is -0.173. The molecular formula is C11H20F3NO. The molecule has 1 saturated carbocycles. The predicted octanol–water partition coefficient (Wildman–Crippen LogP) is 2.73. The van der Waals surface area contributed by atoms with Crippen LogP contribution in [0.1, 0.15) is 32.6 Å². The fourth-order valence-corrected chi connectivity index (χ4v) is 2.14. The van der Waals surface area contributed by atoms with Gasteiger partial charge in [0, 0.05) is 12.6 Å². The number of rotatable bonds is 5. The van der Waals surface area contributed by atoms with Gasteiger partial charge < -0.3 is 10.1 Å². The van der Waals surface area contributed by atoms with Crippen molar-refractivity contribution in [2.45, 2.75) is 44.8 Å². The van der Waals surface area contributed by atoms with Crippen LogP contribution in [0.15, 0.2) is 0 Å². The van der Waals surface area contributed by atoms with Gasteiger partial charge >= 0.3 is 6.18 Å².